The first-order valence-corrected chi connectivity index (χ1v) is 6.93. The molecular formula is C16H8BrNO2. The maximum atomic E-state index is 11.8. The molecule has 0 bridgehead atoms. The zero-order valence-electron chi connectivity index (χ0n) is 10.3. The van der Waals surface area contributed by atoms with Crippen LogP contribution >= 0.6 is 15.9 Å². The van der Waals surface area contributed by atoms with Crippen molar-refractivity contribution in [1.29, 1.82) is 0 Å². The highest BCUT2D eigenvalue weighted by molar-refractivity contribution is 9.10. The van der Waals surface area contributed by atoms with Crippen LogP contribution in [0.1, 0.15) is 0 Å². The van der Waals surface area contributed by atoms with E-state index in [0.717, 1.165) is 27.3 Å². The van der Waals surface area contributed by atoms with Gasteiger partial charge in [0.25, 0.3) is 5.56 Å². The lowest BCUT2D eigenvalue weighted by atomic mass is 10.1. The highest BCUT2D eigenvalue weighted by Crippen LogP contribution is 2.28. The molecule has 0 aliphatic rings. The second-order valence-corrected chi connectivity index (χ2v) is 5.46. The summed E-state index contributed by atoms with van der Waals surface area (Å²) >= 11 is 3.22. The van der Waals surface area contributed by atoms with Gasteiger partial charge in [-0.05, 0) is 46.3 Å². The number of para-hydroxylation sites is 1. The van der Waals surface area contributed by atoms with Crippen molar-refractivity contribution in [1.82, 2.24) is 4.98 Å². The molecule has 2 aromatic carbocycles. The average Bonchev–Trinajstić information content (AvgIpc) is 2.47. The molecule has 4 rings (SSSR count). The molecule has 0 radical (unpaired) electrons. The number of hydrogen-bond acceptors (Lipinski definition) is 3. The van der Waals surface area contributed by atoms with E-state index in [4.69, 9.17) is 4.42 Å². The third kappa shape index (κ3) is 1.65. The normalized spacial score (nSPS) is 11.4. The van der Waals surface area contributed by atoms with Gasteiger partial charge in [-0.3, -0.25) is 4.79 Å². The molecule has 0 amide bonds. The number of pyridine rings is 1. The van der Waals surface area contributed by atoms with Gasteiger partial charge in [0.1, 0.15) is 11.2 Å². The lowest BCUT2D eigenvalue weighted by Crippen LogP contribution is -2.05. The molecule has 0 unspecified atom stereocenters. The quantitative estimate of drug-likeness (QED) is 0.358. The third-order valence-electron chi connectivity index (χ3n) is 3.35. The van der Waals surface area contributed by atoms with E-state index in [1.165, 1.54) is 0 Å². The topological polar surface area (TPSA) is 43.1 Å². The fourth-order valence-electron chi connectivity index (χ4n) is 2.40. The van der Waals surface area contributed by atoms with Crippen LogP contribution in [0.4, 0.5) is 0 Å². The summed E-state index contributed by atoms with van der Waals surface area (Å²) < 4.78 is 6.34. The van der Waals surface area contributed by atoms with Crippen LogP contribution in [0.5, 0.6) is 0 Å². The van der Waals surface area contributed by atoms with E-state index in [9.17, 15) is 4.79 Å². The van der Waals surface area contributed by atoms with Crippen molar-refractivity contribution in [3.8, 4) is 0 Å². The lowest BCUT2D eigenvalue weighted by Gasteiger charge is -2.04. The summed E-state index contributed by atoms with van der Waals surface area (Å²) in [6, 6.07) is 15.4. The van der Waals surface area contributed by atoms with Gasteiger partial charge in [-0.15, -0.1) is 0 Å². The predicted octanol–water partition coefficient (Wildman–Crippen LogP) is 4.26. The summed E-state index contributed by atoms with van der Waals surface area (Å²) in [5, 5.41) is 2.75. The van der Waals surface area contributed by atoms with Crippen molar-refractivity contribution in [2.75, 3.05) is 0 Å². The monoisotopic (exact) mass is 325 g/mol. The molecule has 96 valence electrons. The summed E-state index contributed by atoms with van der Waals surface area (Å²) in [6.45, 7) is 0. The summed E-state index contributed by atoms with van der Waals surface area (Å²) in [5.74, 6) is 0. The van der Waals surface area contributed by atoms with Crippen LogP contribution in [0.2, 0.25) is 0 Å². The maximum absolute atomic E-state index is 11.8. The van der Waals surface area contributed by atoms with Crippen LogP contribution in [0.3, 0.4) is 0 Å². The number of benzene rings is 2. The molecule has 0 aliphatic carbocycles. The van der Waals surface area contributed by atoms with Gasteiger partial charge >= 0.3 is 0 Å². The van der Waals surface area contributed by atoms with E-state index in [1.807, 2.05) is 42.5 Å². The van der Waals surface area contributed by atoms with E-state index < -0.39 is 0 Å². The zero-order chi connectivity index (χ0) is 13.7. The molecule has 3 nitrogen and oxygen atoms in total. The first-order chi connectivity index (χ1) is 9.72. The maximum Gasteiger partial charge on any atom is 0.284 e. The van der Waals surface area contributed by atoms with E-state index in [-0.39, 0.29) is 5.56 Å². The summed E-state index contributed by atoms with van der Waals surface area (Å²) in [4.78, 5) is 15.9. The molecule has 4 heteroatoms. The Morgan fingerprint density at radius 3 is 2.70 bits per heavy atom. The smallest absolute Gasteiger partial charge is 0.284 e. The van der Waals surface area contributed by atoms with Crippen molar-refractivity contribution in [2.24, 2.45) is 0 Å². The van der Waals surface area contributed by atoms with Gasteiger partial charge in [0.2, 0.25) is 0 Å². The highest BCUT2D eigenvalue weighted by atomic mass is 79.9. The number of aromatic nitrogens is 1. The Hall–Kier alpha value is -2.20. The number of fused-ring (bicyclic) bond motifs is 4. The molecule has 0 saturated heterocycles. The lowest BCUT2D eigenvalue weighted by molar-refractivity contribution is 0.661. The molecule has 0 saturated carbocycles. The average molecular weight is 326 g/mol. The number of nitrogens with zero attached hydrogens (tertiary/aromatic N) is 1. The Bertz CT molecular complexity index is 1040. The van der Waals surface area contributed by atoms with Crippen molar-refractivity contribution in [3.05, 3.63) is 63.4 Å². The van der Waals surface area contributed by atoms with E-state index in [2.05, 4.69) is 20.9 Å². The van der Waals surface area contributed by atoms with E-state index >= 15 is 0 Å². The number of rotatable bonds is 0. The van der Waals surface area contributed by atoms with Gasteiger partial charge in [-0.2, -0.15) is 0 Å². The molecule has 0 atom stereocenters. The molecule has 20 heavy (non-hydrogen) atoms. The first-order valence-electron chi connectivity index (χ1n) is 6.14. The van der Waals surface area contributed by atoms with E-state index in [0.29, 0.717) is 9.99 Å². The Kier molecular flexibility index (Phi) is 2.41. The second kappa shape index (κ2) is 4.15. The molecule has 0 aliphatic heterocycles. The molecule has 4 aromatic rings. The van der Waals surface area contributed by atoms with Crippen molar-refractivity contribution in [3.63, 3.8) is 0 Å². The summed E-state index contributed by atoms with van der Waals surface area (Å²) in [6.07, 6.45) is 0. The van der Waals surface area contributed by atoms with Gasteiger partial charge in [0.15, 0.2) is 0 Å². The standard InChI is InChI=1S/C16H8BrNO2/c17-12-8-10-5-6-14-11(15(10)18-16(12)19)7-9-3-1-2-4-13(9)20-14/h1-8H. The molecular weight excluding hydrogens is 318 g/mol. The van der Waals surface area contributed by atoms with Crippen molar-refractivity contribution in [2.45, 2.75) is 0 Å². The molecule has 0 fully saturated rings. The minimum Gasteiger partial charge on any atom is -0.456 e. The largest absolute Gasteiger partial charge is 0.456 e. The van der Waals surface area contributed by atoms with Gasteiger partial charge in [-0.25, -0.2) is 4.98 Å². The molecule has 2 aromatic heterocycles. The van der Waals surface area contributed by atoms with Crippen molar-refractivity contribution >= 4 is 48.8 Å². The van der Waals surface area contributed by atoms with Crippen LogP contribution in [0.25, 0.3) is 32.8 Å². The van der Waals surface area contributed by atoms with Crippen LogP contribution in [-0.2, 0) is 0 Å². The summed E-state index contributed by atoms with van der Waals surface area (Å²) in [5.41, 5.74) is 1.95. The predicted molar refractivity (Wildman–Crippen MR) is 83.0 cm³/mol. The SMILES string of the molecule is O=c1nc2c(ccc3oc4ccccc4cc32)cc1Br. The fourth-order valence-corrected chi connectivity index (χ4v) is 2.73. The number of hydrogen-bond donors (Lipinski definition) is 0. The van der Waals surface area contributed by atoms with Crippen LogP contribution in [0.15, 0.2) is 62.2 Å². The Morgan fingerprint density at radius 1 is 0.950 bits per heavy atom. The highest BCUT2D eigenvalue weighted by Gasteiger charge is 2.08. The summed E-state index contributed by atoms with van der Waals surface area (Å²) in [7, 11) is 0. The van der Waals surface area contributed by atoms with Crippen LogP contribution in [0, 0.1) is 0 Å². The molecule has 0 spiro atoms. The minimum absolute atomic E-state index is 0.266. The number of halogens is 1. The van der Waals surface area contributed by atoms with Gasteiger partial charge in [-0.1, -0.05) is 18.2 Å². The van der Waals surface area contributed by atoms with Crippen LogP contribution in [-0.4, -0.2) is 4.98 Å². The Morgan fingerprint density at radius 2 is 1.80 bits per heavy atom. The van der Waals surface area contributed by atoms with Crippen molar-refractivity contribution < 1.29 is 4.42 Å². The second-order valence-electron chi connectivity index (χ2n) is 4.61. The third-order valence-corrected chi connectivity index (χ3v) is 3.92. The fraction of sp³-hybridized carbons (Fsp3) is 0. The van der Waals surface area contributed by atoms with E-state index in [1.54, 1.807) is 6.07 Å². The van der Waals surface area contributed by atoms with Gasteiger partial charge < -0.3 is 4.42 Å². The van der Waals surface area contributed by atoms with Gasteiger partial charge in [0, 0.05) is 16.2 Å². The van der Waals surface area contributed by atoms with Gasteiger partial charge in [0.05, 0.1) is 9.99 Å². The first kappa shape index (κ1) is 11.6. The molecule has 2 heterocycles. The minimum atomic E-state index is -0.266. The van der Waals surface area contributed by atoms with Crippen LogP contribution < -0.4 is 5.56 Å². The zero-order valence-corrected chi connectivity index (χ0v) is 11.8. The Balaban J connectivity index is 2.25. The molecule has 0 N–H and O–H groups in total. The Labute approximate surface area is 122 Å².